The average Bonchev–Trinajstić information content (AvgIpc) is 3.37. The first-order chi connectivity index (χ1) is 11.5. The Morgan fingerprint density at radius 1 is 1.25 bits per heavy atom. The molecule has 1 aliphatic carbocycles. The Kier molecular flexibility index (Phi) is 3.31. The van der Waals surface area contributed by atoms with Crippen molar-refractivity contribution >= 4 is 28.2 Å². The number of aromatic nitrogens is 2. The van der Waals surface area contributed by atoms with E-state index in [1.54, 1.807) is 10.6 Å². The third-order valence-electron chi connectivity index (χ3n) is 4.19. The topological polar surface area (TPSA) is 60.9 Å². The molecule has 7 heteroatoms. The third kappa shape index (κ3) is 2.26. The van der Waals surface area contributed by atoms with Gasteiger partial charge >= 0.3 is 0 Å². The average molecular weight is 348 g/mol. The molecule has 0 saturated heterocycles. The smallest absolute Gasteiger partial charge is 0.259 e. The van der Waals surface area contributed by atoms with Crippen LogP contribution in [0.3, 0.4) is 0 Å². The van der Waals surface area contributed by atoms with Crippen molar-refractivity contribution in [2.24, 2.45) is 0 Å². The SMILES string of the molecule is Nc1ccc(F)c(-c2cc3cnc(Cl)cc3n(C3CC3)c2=O)c1F. The molecule has 2 heterocycles. The molecular weight excluding hydrogens is 336 g/mol. The number of nitrogens with zero attached hydrogens (tertiary/aromatic N) is 2. The van der Waals surface area contributed by atoms with Crippen LogP contribution in [0.5, 0.6) is 0 Å². The molecule has 4 rings (SSSR count). The normalized spacial score (nSPS) is 14.3. The standard InChI is InChI=1S/C17H12ClF2N3O/c18-14-6-13-8(7-22-14)5-10(17(24)23(13)9-1-2-9)15-11(19)3-4-12(21)16(15)20/h3-7,9H,1-2,21H2. The second-order valence-corrected chi connectivity index (χ2v) is 6.24. The van der Waals surface area contributed by atoms with Crippen LogP contribution in [0, 0.1) is 11.6 Å². The summed E-state index contributed by atoms with van der Waals surface area (Å²) in [6.07, 6.45) is 3.15. The first kappa shape index (κ1) is 15.1. The van der Waals surface area contributed by atoms with Crippen molar-refractivity contribution in [2.75, 3.05) is 5.73 Å². The van der Waals surface area contributed by atoms with Gasteiger partial charge in [-0.2, -0.15) is 0 Å². The molecule has 1 aromatic carbocycles. The number of anilines is 1. The Labute approximate surface area is 140 Å². The van der Waals surface area contributed by atoms with Crippen LogP contribution in [-0.2, 0) is 0 Å². The highest BCUT2D eigenvalue weighted by molar-refractivity contribution is 6.30. The van der Waals surface area contributed by atoms with Gasteiger partial charge in [0.1, 0.15) is 11.0 Å². The minimum Gasteiger partial charge on any atom is -0.396 e. The van der Waals surface area contributed by atoms with Gasteiger partial charge < -0.3 is 10.3 Å². The molecule has 3 aromatic rings. The monoisotopic (exact) mass is 347 g/mol. The molecule has 2 aromatic heterocycles. The Morgan fingerprint density at radius 3 is 2.71 bits per heavy atom. The van der Waals surface area contributed by atoms with Crippen molar-refractivity contribution in [2.45, 2.75) is 18.9 Å². The van der Waals surface area contributed by atoms with E-state index in [2.05, 4.69) is 4.98 Å². The van der Waals surface area contributed by atoms with Crippen molar-refractivity contribution in [1.82, 2.24) is 9.55 Å². The van der Waals surface area contributed by atoms with Crippen LogP contribution in [-0.4, -0.2) is 9.55 Å². The molecule has 0 radical (unpaired) electrons. The molecule has 0 aliphatic heterocycles. The number of benzene rings is 1. The van der Waals surface area contributed by atoms with Crippen LogP contribution in [0.4, 0.5) is 14.5 Å². The van der Waals surface area contributed by atoms with Crippen LogP contribution in [0.2, 0.25) is 5.15 Å². The van der Waals surface area contributed by atoms with E-state index in [1.807, 2.05) is 0 Å². The molecule has 24 heavy (non-hydrogen) atoms. The van der Waals surface area contributed by atoms with Gasteiger partial charge in [0.2, 0.25) is 0 Å². The molecule has 0 spiro atoms. The molecule has 0 amide bonds. The Bertz CT molecular complexity index is 1040. The molecule has 1 aliphatic rings. The van der Waals surface area contributed by atoms with Crippen LogP contribution >= 0.6 is 11.6 Å². The minimum absolute atomic E-state index is 0.00518. The molecule has 0 atom stereocenters. The van der Waals surface area contributed by atoms with E-state index < -0.39 is 22.8 Å². The highest BCUT2D eigenvalue weighted by Crippen LogP contribution is 2.38. The molecule has 0 bridgehead atoms. The maximum atomic E-state index is 14.4. The highest BCUT2D eigenvalue weighted by atomic mass is 35.5. The number of hydrogen-bond acceptors (Lipinski definition) is 3. The summed E-state index contributed by atoms with van der Waals surface area (Å²) in [6.45, 7) is 0. The second-order valence-electron chi connectivity index (χ2n) is 5.86. The van der Waals surface area contributed by atoms with Crippen LogP contribution in [0.15, 0.2) is 35.3 Å². The van der Waals surface area contributed by atoms with Crippen LogP contribution in [0.1, 0.15) is 18.9 Å². The fraction of sp³-hybridized carbons (Fsp3) is 0.176. The van der Waals surface area contributed by atoms with E-state index in [1.165, 1.54) is 12.3 Å². The number of nitrogens with two attached hydrogens (primary N) is 1. The molecular formula is C17H12ClF2N3O. The van der Waals surface area contributed by atoms with Gasteiger partial charge in [0.15, 0.2) is 5.82 Å². The van der Waals surface area contributed by atoms with Crippen molar-refractivity contribution < 1.29 is 8.78 Å². The highest BCUT2D eigenvalue weighted by Gasteiger charge is 2.29. The van der Waals surface area contributed by atoms with E-state index in [9.17, 15) is 13.6 Å². The zero-order valence-electron chi connectivity index (χ0n) is 12.4. The predicted octanol–water partition coefficient (Wildman–Crippen LogP) is 3.91. The van der Waals surface area contributed by atoms with E-state index in [0.717, 1.165) is 25.0 Å². The lowest BCUT2D eigenvalue weighted by Gasteiger charge is -2.14. The number of hydrogen-bond donors (Lipinski definition) is 1. The summed E-state index contributed by atoms with van der Waals surface area (Å²) in [7, 11) is 0. The van der Waals surface area contributed by atoms with Crippen molar-refractivity contribution in [3.63, 3.8) is 0 Å². The van der Waals surface area contributed by atoms with E-state index in [4.69, 9.17) is 17.3 Å². The Hall–Kier alpha value is -2.47. The van der Waals surface area contributed by atoms with Gasteiger partial charge in [0.05, 0.1) is 22.3 Å². The molecule has 0 unspecified atom stereocenters. The lowest BCUT2D eigenvalue weighted by Crippen LogP contribution is -2.22. The van der Waals surface area contributed by atoms with Gasteiger partial charge in [0.25, 0.3) is 5.56 Å². The van der Waals surface area contributed by atoms with Crippen molar-refractivity contribution in [3.8, 4) is 11.1 Å². The maximum absolute atomic E-state index is 14.4. The fourth-order valence-electron chi connectivity index (χ4n) is 2.90. The summed E-state index contributed by atoms with van der Waals surface area (Å²) in [6, 6.07) is 5.22. The van der Waals surface area contributed by atoms with Crippen LogP contribution in [0.25, 0.3) is 22.0 Å². The second kappa shape index (κ2) is 5.27. The van der Waals surface area contributed by atoms with Gasteiger partial charge in [-0.25, -0.2) is 13.8 Å². The Morgan fingerprint density at radius 2 is 2.00 bits per heavy atom. The summed E-state index contributed by atoms with van der Waals surface area (Å²) in [5.41, 5.74) is 4.99. The summed E-state index contributed by atoms with van der Waals surface area (Å²) in [4.78, 5) is 16.9. The van der Waals surface area contributed by atoms with Crippen molar-refractivity contribution in [3.05, 3.63) is 57.6 Å². The summed E-state index contributed by atoms with van der Waals surface area (Å²) in [5.74, 6) is -1.77. The van der Waals surface area contributed by atoms with E-state index >= 15 is 0 Å². The molecule has 1 saturated carbocycles. The first-order valence-electron chi connectivity index (χ1n) is 7.42. The number of fused-ring (bicyclic) bond motifs is 1. The molecule has 1 fully saturated rings. The van der Waals surface area contributed by atoms with Gasteiger partial charge in [-0.3, -0.25) is 4.79 Å². The van der Waals surface area contributed by atoms with Gasteiger partial charge in [-0.05, 0) is 37.1 Å². The number of nitrogen functional groups attached to an aromatic ring is 1. The zero-order valence-corrected chi connectivity index (χ0v) is 13.1. The van der Waals surface area contributed by atoms with Crippen LogP contribution < -0.4 is 11.3 Å². The van der Waals surface area contributed by atoms with E-state index in [0.29, 0.717) is 10.9 Å². The maximum Gasteiger partial charge on any atom is 0.259 e. The van der Waals surface area contributed by atoms with Gasteiger partial charge in [-0.1, -0.05) is 11.6 Å². The van der Waals surface area contributed by atoms with Gasteiger partial charge in [0, 0.05) is 17.6 Å². The lowest BCUT2D eigenvalue weighted by molar-refractivity contribution is 0.591. The number of halogens is 3. The van der Waals surface area contributed by atoms with Crippen molar-refractivity contribution in [1.29, 1.82) is 0 Å². The molecule has 122 valence electrons. The third-order valence-corrected chi connectivity index (χ3v) is 4.40. The summed E-state index contributed by atoms with van der Waals surface area (Å²) in [5, 5.41) is 0.840. The zero-order chi connectivity index (χ0) is 17.0. The largest absolute Gasteiger partial charge is 0.396 e. The molecule has 4 nitrogen and oxygen atoms in total. The Balaban J connectivity index is 2.12. The number of pyridine rings is 2. The summed E-state index contributed by atoms with van der Waals surface area (Å²) >= 11 is 5.93. The van der Waals surface area contributed by atoms with E-state index in [-0.39, 0.29) is 22.4 Å². The molecule has 2 N–H and O–H groups in total. The minimum atomic E-state index is -0.935. The first-order valence-corrected chi connectivity index (χ1v) is 7.80. The fourth-order valence-corrected chi connectivity index (χ4v) is 3.05. The predicted molar refractivity (Wildman–Crippen MR) is 89.0 cm³/mol. The lowest BCUT2D eigenvalue weighted by atomic mass is 10.0. The van der Waals surface area contributed by atoms with Gasteiger partial charge in [-0.15, -0.1) is 0 Å². The quantitative estimate of drug-likeness (QED) is 0.564. The number of rotatable bonds is 2. The summed E-state index contributed by atoms with van der Waals surface area (Å²) < 4.78 is 30.2.